The van der Waals surface area contributed by atoms with Crippen LogP contribution in [0.15, 0.2) is 292 Å². The number of ether oxygens (including phenoxy) is 3. The van der Waals surface area contributed by atoms with Crippen LogP contribution in [0, 0.1) is 0 Å². The quantitative estimate of drug-likeness (QED) is 0.163. The van der Waals surface area contributed by atoms with Crippen LogP contribution in [0.5, 0.6) is 34.5 Å². The highest BCUT2D eigenvalue weighted by Crippen LogP contribution is 2.51. The summed E-state index contributed by atoms with van der Waals surface area (Å²) in [4.78, 5) is 41.3. The molecular weight excluding hydrogens is 1180 g/mol. The van der Waals surface area contributed by atoms with Crippen molar-refractivity contribution < 1.29 is 14.2 Å². The van der Waals surface area contributed by atoms with Crippen molar-refractivity contribution in [3.63, 3.8) is 0 Å². The molecule has 400 valence electrons. The van der Waals surface area contributed by atoms with Crippen LogP contribution in [0.1, 0.15) is 33.4 Å². The summed E-state index contributed by atoms with van der Waals surface area (Å²) in [6.45, 7) is 0. The summed E-state index contributed by atoms with van der Waals surface area (Å²) in [5, 5.41) is 0. The molecule has 0 atom stereocenters. The van der Waals surface area contributed by atoms with Crippen molar-refractivity contribution in [1.29, 1.82) is 0 Å². The van der Waals surface area contributed by atoms with E-state index >= 15 is 0 Å². The molecule has 0 fully saturated rings. The van der Waals surface area contributed by atoms with Crippen molar-refractivity contribution in [3.05, 3.63) is 285 Å². The molecule has 0 radical (unpaired) electrons. The Labute approximate surface area is 499 Å². The molecule has 10 aromatic rings. The van der Waals surface area contributed by atoms with Crippen molar-refractivity contribution in [3.8, 4) is 34.5 Å². The van der Waals surface area contributed by atoms with Gasteiger partial charge in [0.25, 0.3) is 0 Å². The van der Waals surface area contributed by atoms with E-state index in [-0.39, 0.29) is 0 Å². The predicted molar refractivity (Wildman–Crippen MR) is 342 cm³/mol. The number of hydrogen-bond acceptors (Lipinski definition) is 13. The van der Waals surface area contributed by atoms with Crippen molar-refractivity contribution in [2.45, 2.75) is 6.42 Å². The van der Waals surface area contributed by atoms with Gasteiger partial charge in [0.1, 0.15) is 11.5 Å². The minimum absolute atomic E-state index is 0.528. The van der Waals surface area contributed by atoms with E-state index in [9.17, 15) is 0 Å². The summed E-state index contributed by atoms with van der Waals surface area (Å²) in [6, 6.07) is 80.8. The molecule has 0 spiro atoms. The molecule has 13 nitrogen and oxygen atoms in total. The Morgan fingerprint density at radius 3 is 0.798 bits per heavy atom. The zero-order valence-corrected chi connectivity index (χ0v) is 47.4. The average Bonchev–Trinajstić information content (AvgIpc) is 3.36. The van der Waals surface area contributed by atoms with E-state index in [4.69, 9.17) is 34.2 Å². The molecule has 0 N–H and O–H groups in total. The monoisotopic (exact) mass is 1220 g/mol. The van der Waals surface area contributed by atoms with E-state index in [0.29, 0.717) is 46.7 Å². The van der Waals surface area contributed by atoms with Crippen LogP contribution in [0.4, 0.5) is 34.1 Å². The first-order valence-electron chi connectivity index (χ1n) is 27.0. The number of hydrogen-bond donors (Lipinski definition) is 0. The summed E-state index contributed by atoms with van der Waals surface area (Å²) in [5.74, 6) is 9.97. The maximum atomic E-state index is 6.17. The molecule has 7 aliphatic rings. The second-order valence-corrected chi connectivity index (χ2v) is 21.7. The second kappa shape index (κ2) is 21.4. The Balaban J connectivity index is 0.000000136. The van der Waals surface area contributed by atoms with Crippen molar-refractivity contribution >= 4 is 113 Å². The fourth-order valence-electron chi connectivity index (χ4n) is 10.4. The van der Waals surface area contributed by atoms with E-state index in [2.05, 4.69) is 134 Å². The molecule has 0 saturated heterocycles. The van der Waals surface area contributed by atoms with Gasteiger partial charge in [-0.2, -0.15) is 0 Å². The summed E-state index contributed by atoms with van der Waals surface area (Å²) in [5.41, 5.74) is 12.2. The molecule has 0 unspecified atom stereocenters. The van der Waals surface area contributed by atoms with Crippen molar-refractivity contribution in [1.82, 2.24) is 0 Å². The fourth-order valence-corrected chi connectivity index (χ4v) is 11.0. The van der Waals surface area contributed by atoms with Gasteiger partial charge in [0.05, 0.1) is 22.7 Å². The zero-order valence-electron chi connectivity index (χ0n) is 44.3. The number of benzene rings is 10. The number of halogens is 2. The van der Waals surface area contributed by atoms with Crippen LogP contribution >= 0.6 is 31.9 Å². The van der Waals surface area contributed by atoms with Crippen LogP contribution in [-0.2, 0) is 6.42 Å². The molecule has 17 rings (SSSR count). The first kappa shape index (κ1) is 50.5. The maximum absolute atomic E-state index is 6.17. The average molecular weight is 1220 g/mol. The van der Waals surface area contributed by atoms with Gasteiger partial charge in [0.2, 0.25) is 23.3 Å². The minimum atomic E-state index is 0.528. The van der Waals surface area contributed by atoms with Crippen molar-refractivity contribution in [2.75, 3.05) is 9.80 Å². The molecule has 0 amide bonds. The first-order valence-corrected chi connectivity index (χ1v) is 28.6. The summed E-state index contributed by atoms with van der Waals surface area (Å²) in [6.07, 6.45) is 0.979. The number of para-hydroxylation sites is 10. The Kier molecular flexibility index (Phi) is 12.9. The second-order valence-electron chi connectivity index (χ2n) is 19.8. The molecule has 0 saturated carbocycles. The van der Waals surface area contributed by atoms with Gasteiger partial charge in [0.15, 0.2) is 46.3 Å². The number of nitrogens with zero attached hydrogens (tertiary/aromatic N) is 10. The third-order valence-electron chi connectivity index (χ3n) is 14.5. The largest absolute Gasteiger partial charge is 0.457 e. The van der Waals surface area contributed by atoms with Gasteiger partial charge in [-0.15, -0.1) is 0 Å². The van der Waals surface area contributed by atoms with E-state index in [1.807, 2.05) is 170 Å². The minimum Gasteiger partial charge on any atom is -0.457 e. The van der Waals surface area contributed by atoms with E-state index in [1.54, 1.807) is 0 Å². The Hall–Kier alpha value is -10.5. The Bertz CT molecular complexity index is 4150. The number of amidine groups is 8. The lowest BCUT2D eigenvalue weighted by atomic mass is 10.0. The highest BCUT2D eigenvalue weighted by Gasteiger charge is 2.30. The van der Waals surface area contributed by atoms with Gasteiger partial charge >= 0.3 is 0 Å². The Morgan fingerprint density at radius 1 is 0.250 bits per heavy atom. The lowest BCUT2D eigenvalue weighted by Gasteiger charge is -2.32. The molecule has 7 aliphatic heterocycles. The van der Waals surface area contributed by atoms with Crippen LogP contribution < -0.4 is 24.0 Å². The van der Waals surface area contributed by atoms with Crippen LogP contribution in [0.3, 0.4) is 0 Å². The van der Waals surface area contributed by atoms with Gasteiger partial charge in [0, 0.05) is 49.0 Å². The molecule has 15 heteroatoms. The molecule has 0 aromatic heterocycles. The normalized spacial score (nSPS) is 14.8. The number of anilines is 6. The van der Waals surface area contributed by atoms with E-state index < -0.39 is 0 Å². The van der Waals surface area contributed by atoms with Crippen LogP contribution in [0.2, 0.25) is 0 Å². The first-order chi connectivity index (χ1) is 41.4. The van der Waals surface area contributed by atoms with Gasteiger partial charge in [-0.1, -0.05) is 141 Å². The molecule has 84 heavy (non-hydrogen) atoms. The zero-order chi connectivity index (χ0) is 56.1. The molecular formula is C69H42Br2N10O3. The lowest BCUT2D eigenvalue weighted by molar-refractivity contribution is 0.460. The molecule has 7 heterocycles. The number of fused-ring (bicyclic) bond motifs is 8. The highest BCUT2D eigenvalue weighted by molar-refractivity contribution is 9.10. The van der Waals surface area contributed by atoms with Gasteiger partial charge < -0.3 is 24.0 Å². The van der Waals surface area contributed by atoms with Gasteiger partial charge in [-0.05, 0) is 145 Å². The topological polar surface area (TPSA) is 133 Å². The Morgan fingerprint density at radius 2 is 0.488 bits per heavy atom. The van der Waals surface area contributed by atoms with Crippen molar-refractivity contribution in [2.24, 2.45) is 39.9 Å². The summed E-state index contributed by atoms with van der Waals surface area (Å²) in [7, 11) is 0. The van der Waals surface area contributed by atoms with E-state index in [1.165, 1.54) is 11.1 Å². The van der Waals surface area contributed by atoms with E-state index in [0.717, 1.165) is 106 Å². The smallest absolute Gasteiger partial charge is 0.202 e. The third-order valence-corrected chi connectivity index (χ3v) is 15.5. The maximum Gasteiger partial charge on any atom is 0.202 e. The number of aliphatic imine (C=N–C) groups is 8. The molecule has 0 bridgehead atoms. The highest BCUT2D eigenvalue weighted by atomic mass is 79.9. The van der Waals surface area contributed by atoms with Crippen LogP contribution in [0.25, 0.3) is 0 Å². The third kappa shape index (κ3) is 9.70. The molecule has 0 aliphatic carbocycles. The van der Waals surface area contributed by atoms with Gasteiger partial charge in [-0.3, -0.25) is 0 Å². The molecule has 10 aromatic carbocycles. The standard InChI is InChI=1S/C40H24N6O2.C16H8Br2N4.C13H10O/c1-5-13-33-29(9-1)45(30-10-2-6-14-34(30)47-33)27-21-17-25(18-22-27)37-41-39-40(42-37)44-38(43-39)26-19-23-28(24-20-26)46-31-11-3-7-15-35(31)48-36-16-8-4-12-32(36)46;17-11-5-1-9(2-6-11)13-19-15-16(20-13)22-14(21-15)10-3-7-12(18)8-4-10;1-3-7-12-10(5-1)9-11-6-2-4-8-13(11)14-12/h1-24H;1-8H;1-8H,9H2. The summed E-state index contributed by atoms with van der Waals surface area (Å²) >= 11 is 6.83. The lowest BCUT2D eigenvalue weighted by Crippen LogP contribution is -2.15. The summed E-state index contributed by atoms with van der Waals surface area (Å²) < 4.78 is 20.2. The van der Waals surface area contributed by atoms with Crippen LogP contribution in [-0.4, -0.2) is 46.7 Å². The predicted octanol–water partition coefficient (Wildman–Crippen LogP) is 17.5. The SMILES string of the molecule is Brc1ccc(C2=NC3=NC(c4ccc(Br)cc4)=NC3=N2)cc1.c1ccc2c(c1)Cc1ccccc1O2.c1ccc2c(c1)Oc1ccccc1N2c1ccc(C2=NC3=NC(c4ccc(N5c6ccccc6Oc6ccccc65)cc4)=NC3=N2)cc1. The number of rotatable bonds is 6. The fraction of sp³-hybridized carbons (Fsp3) is 0.0145. The van der Waals surface area contributed by atoms with Gasteiger partial charge in [-0.25, -0.2) is 39.9 Å².